The normalized spacial score (nSPS) is 29.0. The fraction of sp³-hybridized carbons (Fsp3) is 0.667. The molecule has 0 N–H and O–H groups in total. The molecule has 10 heteroatoms. The Morgan fingerprint density at radius 3 is 2.84 bits per heavy atom. The summed E-state index contributed by atoms with van der Waals surface area (Å²) in [6.45, 7) is 5.22. The van der Waals surface area contributed by atoms with E-state index in [9.17, 15) is 8.96 Å². The molecule has 1 unspecified atom stereocenters. The maximum atomic E-state index is 14.8. The Kier molecular flexibility index (Phi) is 5.09. The third-order valence-corrected chi connectivity index (χ3v) is 6.48. The summed E-state index contributed by atoms with van der Waals surface area (Å²) in [5.41, 5.74) is 0.851. The van der Waals surface area contributed by atoms with Crippen molar-refractivity contribution in [2.45, 2.75) is 32.5 Å². The Bertz CT molecular complexity index is 801. The number of alkyl halides is 1. The molecule has 0 amide bonds. The van der Waals surface area contributed by atoms with Crippen LogP contribution < -0.4 is 4.74 Å². The molecule has 3 heterocycles. The molecule has 1 fully saturated rings. The minimum atomic E-state index is -2.38. The van der Waals surface area contributed by atoms with Gasteiger partial charge in [-0.15, -0.1) is 0 Å². The van der Waals surface area contributed by atoms with E-state index in [1.807, 2.05) is 6.92 Å². The van der Waals surface area contributed by atoms with E-state index in [-0.39, 0.29) is 6.35 Å². The molecule has 1 aliphatic rings. The van der Waals surface area contributed by atoms with Gasteiger partial charge in [-0.25, -0.2) is 14.4 Å². The monoisotopic (exact) mass is 372 g/mol. The third-order valence-electron chi connectivity index (χ3n) is 4.45. The van der Waals surface area contributed by atoms with E-state index in [1.54, 1.807) is 13.6 Å². The summed E-state index contributed by atoms with van der Waals surface area (Å²) in [4.78, 5) is 12.3. The van der Waals surface area contributed by atoms with Gasteiger partial charge in [-0.2, -0.15) is 4.98 Å². The van der Waals surface area contributed by atoms with Crippen LogP contribution in [0.4, 0.5) is 4.39 Å². The quantitative estimate of drug-likeness (QED) is 0.720. The number of rotatable bonds is 6. The summed E-state index contributed by atoms with van der Waals surface area (Å²) in [7, 11) is -0.903. The number of imidazole rings is 1. The van der Waals surface area contributed by atoms with Crippen LogP contribution in [-0.2, 0) is 14.0 Å². The summed E-state index contributed by atoms with van der Waals surface area (Å²) in [6, 6.07) is 0. The van der Waals surface area contributed by atoms with Gasteiger partial charge in [0.05, 0.1) is 13.4 Å². The second-order valence-electron chi connectivity index (χ2n) is 6.31. The average Bonchev–Trinajstić information content (AvgIpc) is 3.15. The number of nitrogens with zero attached hydrogens (tertiary/aromatic N) is 4. The molecule has 3 rings (SSSR count). The minimum Gasteiger partial charge on any atom is -0.479 e. The molecule has 0 aromatic carbocycles. The summed E-state index contributed by atoms with van der Waals surface area (Å²) < 4.78 is 45.0. The van der Waals surface area contributed by atoms with Crippen LogP contribution in [0, 0.1) is 5.92 Å². The van der Waals surface area contributed by atoms with E-state index >= 15 is 0 Å². The molecule has 0 saturated carbocycles. The zero-order valence-corrected chi connectivity index (χ0v) is 15.5. The van der Waals surface area contributed by atoms with Crippen LogP contribution in [-0.4, -0.2) is 58.3 Å². The lowest BCUT2D eigenvalue weighted by molar-refractivity contribution is -0.151. The number of hydrogen-bond acceptors (Lipinski definition) is 7. The fourth-order valence-electron chi connectivity index (χ4n) is 2.64. The van der Waals surface area contributed by atoms with Gasteiger partial charge in [-0.05, 0) is 12.8 Å². The van der Waals surface area contributed by atoms with Crippen molar-refractivity contribution in [3.05, 3.63) is 12.7 Å². The maximum absolute atomic E-state index is 14.8. The predicted molar refractivity (Wildman–Crippen MR) is 89.9 cm³/mol. The van der Waals surface area contributed by atoms with Crippen molar-refractivity contribution in [3.63, 3.8) is 0 Å². The van der Waals surface area contributed by atoms with Gasteiger partial charge < -0.3 is 18.8 Å². The molecule has 0 bridgehead atoms. The first kappa shape index (κ1) is 18.2. The highest BCUT2D eigenvalue weighted by Gasteiger charge is 2.45. The van der Waals surface area contributed by atoms with Crippen molar-refractivity contribution in [1.29, 1.82) is 0 Å². The first-order chi connectivity index (χ1) is 11.9. The van der Waals surface area contributed by atoms with E-state index < -0.39 is 31.7 Å². The van der Waals surface area contributed by atoms with Gasteiger partial charge >= 0.3 is 0 Å². The van der Waals surface area contributed by atoms with E-state index in [1.165, 1.54) is 24.3 Å². The first-order valence-corrected chi connectivity index (χ1v) is 10.6. The Labute approximate surface area is 145 Å². The van der Waals surface area contributed by atoms with E-state index in [2.05, 4.69) is 15.0 Å². The SMILES string of the molecule is CCP(C)(=O)CO[C@H]1O[C@@H](n2cnc3c(OC)ncnc32)[C@@H](F)[C@@H]1C. The van der Waals surface area contributed by atoms with E-state index in [4.69, 9.17) is 14.2 Å². The second kappa shape index (κ2) is 6.97. The maximum Gasteiger partial charge on any atom is 0.245 e. The van der Waals surface area contributed by atoms with Crippen molar-refractivity contribution in [2.24, 2.45) is 5.92 Å². The number of fused-ring (bicyclic) bond motifs is 1. The molecule has 2 aromatic rings. The van der Waals surface area contributed by atoms with Crippen LogP contribution in [0.1, 0.15) is 20.1 Å². The Balaban J connectivity index is 1.83. The van der Waals surface area contributed by atoms with Crippen molar-refractivity contribution in [1.82, 2.24) is 19.5 Å². The van der Waals surface area contributed by atoms with Gasteiger partial charge in [-0.1, -0.05) is 13.8 Å². The number of aromatic nitrogens is 4. The molecule has 25 heavy (non-hydrogen) atoms. The van der Waals surface area contributed by atoms with Gasteiger partial charge in [0.2, 0.25) is 5.88 Å². The smallest absolute Gasteiger partial charge is 0.245 e. The first-order valence-electron chi connectivity index (χ1n) is 8.06. The number of halogens is 1. The lowest BCUT2D eigenvalue weighted by Gasteiger charge is -2.19. The van der Waals surface area contributed by atoms with Gasteiger partial charge in [0.1, 0.15) is 19.8 Å². The Morgan fingerprint density at radius 1 is 1.40 bits per heavy atom. The predicted octanol–water partition coefficient (Wildman–Crippen LogP) is 2.65. The topological polar surface area (TPSA) is 88.4 Å². The standard InChI is InChI=1S/C15H22FN4O4P/c1-5-25(4,21)8-23-15-9(2)10(16)14(24-15)20-7-19-11-12(20)17-6-18-13(11)22-3/h6-7,9-10,14-15H,5,8H2,1-4H3/t9-,10-,14+,15-,25?/m0/s1. The van der Waals surface area contributed by atoms with Crippen molar-refractivity contribution < 1.29 is 23.2 Å². The summed E-state index contributed by atoms with van der Waals surface area (Å²) in [5.74, 6) is -0.198. The van der Waals surface area contributed by atoms with Crippen LogP contribution >= 0.6 is 7.14 Å². The van der Waals surface area contributed by atoms with Crippen molar-refractivity contribution >= 4 is 18.3 Å². The van der Waals surface area contributed by atoms with Crippen LogP contribution in [0.3, 0.4) is 0 Å². The molecular weight excluding hydrogens is 350 g/mol. The molecule has 0 radical (unpaired) electrons. The molecular formula is C15H22FN4O4P. The molecule has 138 valence electrons. The van der Waals surface area contributed by atoms with Gasteiger partial charge in [0.15, 0.2) is 29.9 Å². The summed E-state index contributed by atoms with van der Waals surface area (Å²) >= 11 is 0. The minimum absolute atomic E-state index is 0.0681. The fourth-order valence-corrected chi connectivity index (χ4v) is 3.29. The van der Waals surface area contributed by atoms with Crippen LogP contribution in [0.25, 0.3) is 11.2 Å². The summed E-state index contributed by atoms with van der Waals surface area (Å²) in [5, 5.41) is 0. The van der Waals surface area contributed by atoms with Gasteiger partial charge in [0, 0.05) is 5.92 Å². The summed E-state index contributed by atoms with van der Waals surface area (Å²) in [6.07, 6.45) is 0.348. The van der Waals surface area contributed by atoms with Gasteiger partial charge in [0.25, 0.3) is 0 Å². The zero-order chi connectivity index (χ0) is 18.2. The number of ether oxygens (including phenoxy) is 3. The number of methoxy groups -OCH3 is 1. The second-order valence-corrected chi connectivity index (χ2v) is 9.80. The van der Waals surface area contributed by atoms with Crippen molar-refractivity contribution in [2.75, 3.05) is 26.3 Å². The van der Waals surface area contributed by atoms with Gasteiger partial charge in [-0.3, -0.25) is 4.57 Å². The van der Waals surface area contributed by atoms with E-state index in [0.717, 1.165) is 0 Å². The largest absolute Gasteiger partial charge is 0.479 e. The average molecular weight is 372 g/mol. The third kappa shape index (κ3) is 3.41. The Hall–Kier alpha value is -1.57. The number of hydrogen-bond donors (Lipinski definition) is 0. The lowest BCUT2D eigenvalue weighted by atomic mass is 10.1. The van der Waals surface area contributed by atoms with E-state index in [0.29, 0.717) is 23.2 Å². The van der Waals surface area contributed by atoms with Crippen LogP contribution in [0.2, 0.25) is 0 Å². The zero-order valence-electron chi connectivity index (χ0n) is 14.6. The highest BCUT2D eigenvalue weighted by Crippen LogP contribution is 2.44. The van der Waals surface area contributed by atoms with Crippen LogP contribution in [0.15, 0.2) is 12.7 Å². The molecule has 1 aliphatic heterocycles. The molecule has 1 saturated heterocycles. The molecule has 2 aromatic heterocycles. The lowest BCUT2D eigenvalue weighted by Crippen LogP contribution is -2.22. The Morgan fingerprint density at radius 2 is 2.16 bits per heavy atom. The van der Waals surface area contributed by atoms with Crippen LogP contribution in [0.5, 0.6) is 5.88 Å². The molecule has 5 atom stereocenters. The highest BCUT2D eigenvalue weighted by atomic mass is 31.2. The van der Waals surface area contributed by atoms with Crippen molar-refractivity contribution in [3.8, 4) is 5.88 Å². The molecule has 0 spiro atoms. The molecule has 0 aliphatic carbocycles. The highest BCUT2D eigenvalue weighted by molar-refractivity contribution is 7.62. The molecule has 8 nitrogen and oxygen atoms in total.